The molecular weight excluding hydrogens is 322 g/mol. The van der Waals surface area contributed by atoms with Gasteiger partial charge in [0.2, 0.25) is 0 Å². The summed E-state index contributed by atoms with van der Waals surface area (Å²) in [6.07, 6.45) is -8.21. The number of aliphatic hydroxyl groups is 5. The molecule has 0 heterocycles. The summed E-state index contributed by atoms with van der Waals surface area (Å²) in [5.74, 6) is 0. The van der Waals surface area contributed by atoms with Crippen LogP contribution in [0.3, 0.4) is 0 Å². The van der Waals surface area contributed by atoms with Gasteiger partial charge >= 0.3 is 0 Å². The van der Waals surface area contributed by atoms with Crippen molar-refractivity contribution in [3.63, 3.8) is 0 Å². The van der Waals surface area contributed by atoms with Gasteiger partial charge in [0.1, 0.15) is 36.2 Å². The summed E-state index contributed by atoms with van der Waals surface area (Å²) < 4.78 is 0. The molecule has 0 radical (unpaired) electrons. The third-order valence-electron chi connectivity index (χ3n) is 3.54. The van der Waals surface area contributed by atoms with E-state index in [-0.39, 0.29) is 10.8 Å². The maximum absolute atomic E-state index is 9.80. The second kappa shape index (κ2) is 7.77. The number of benzene rings is 1. The molecule has 126 valence electrons. The first-order chi connectivity index (χ1) is 10.9. The minimum absolute atomic E-state index is 0.135. The van der Waals surface area contributed by atoms with E-state index < -0.39 is 30.5 Å². The summed E-state index contributed by atoms with van der Waals surface area (Å²) in [5.41, 5.74) is 3.11. The molecule has 0 unspecified atom stereocenters. The van der Waals surface area contributed by atoms with Crippen molar-refractivity contribution in [3.05, 3.63) is 35.9 Å². The molecule has 7 N–H and O–H groups in total. The van der Waals surface area contributed by atoms with Crippen molar-refractivity contribution < 1.29 is 25.5 Å². The predicted molar refractivity (Wildman–Crippen MR) is 86.5 cm³/mol. The Hall–Kier alpha value is -1.62. The van der Waals surface area contributed by atoms with Crippen LogP contribution in [-0.2, 0) is 6.54 Å². The van der Waals surface area contributed by atoms with Crippen molar-refractivity contribution in [2.75, 3.05) is 0 Å². The highest BCUT2D eigenvalue weighted by atomic mass is 32.1. The topological polar surface area (TPSA) is 138 Å². The summed E-state index contributed by atoms with van der Waals surface area (Å²) in [4.78, 5) is 0. The van der Waals surface area contributed by atoms with Gasteiger partial charge < -0.3 is 30.8 Å². The monoisotopic (exact) mass is 341 g/mol. The van der Waals surface area contributed by atoms with E-state index in [9.17, 15) is 25.5 Å². The van der Waals surface area contributed by atoms with E-state index in [1.165, 1.54) is 0 Å². The summed E-state index contributed by atoms with van der Waals surface area (Å²) in [6, 6.07) is 9.48. The van der Waals surface area contributed by atoms with Gasteiger partial charge in [-0.1, -0.05) is 30.3 Å². The van der Waals surface area contributed by atoms with Gasteiger partial charge in [-0.2, -0.15) is 5.10 Å². The molecule has 1 fully saturated rings. The van der Waals surface area contributed by atoms with Gasteiger partial charge in [-0.15, -0.1) is 0 Å². The highest BCUT2D eigenvalue weighted by molar-refractivity contribution is 7.80. The molecule has 0 aliphatic heterocycles. The lowest BCUT2D eigenvalue weighted by Crippen LogP contribution is -2.62. The molecule has 0 aromatic heterocycles. The van der Waals surface area contributed by atoms with Crippen molar-refractivity contribution >= 4 is 23.0 Å². The summed E-state index contributed by atoms with van der Waals surface area (Å²) >= 11 is 5.01. The average Bonchev–Trinajstić information content (AvgIpc) is 2.57. The van der Waals surface area contributed by atoms with Crippen LogP contribution in [0.1, 0.15) is 5.56 Å². The first kappa shape index (κ1) is 17.7. The fourth-order valence-corrected chi connectivity index (χ4v) is 2.28. The van der Waals surface area contributed by atoms with Crippen LogP contribution in [0, 0.1) is 0 Å². The number of hydrogen-bond acceptors (Lipinski definition) is 7. The van der Waals surface area contributed by atoms with E-state index in [2.05, 4.69) is 15.8 Å². The first-order valence-corrected chi connectivity index (χ1v) is 7.38. The Morgan fingerprint density at radius 2 is 1.52 bits per heavy atom. The van der Waals surface area contributed by atoms with Crippen LogP contribution in [0.2, 0.25) is 0 Å². The van der Waals surface area contributed by atoms with Crippen molar-refractivity contribution in [2.45, 2.75) is 37.1 Å². The molecule has 0 saturated heterocycles. The lowest BCUT2D eigenvalue weighted by atomic mass is 9.86. The van der Waals surface area contributed by atoms with E-state index in [1.807, 2.05) is 30.3 Å². The Labute approximate surface area is 138 Å². The Bertz CT molecular complexity index is 553. The number of rotatable bonds is 3. The number of hydrogen-bond donors (Lipinski definition) is 7. The molecule has 1 aromatic carbocycles. The van der Waals surface area contributed by atoms with Gasteiger partial charge in [0.15, 0.2) is 5.11 Å². The van der Waals surface area contributed by atoms with Gasteiger partial charge in [0, 0.05) is 6.54 Å². The van der Waals surface area contributed by atoms with Crippen LogP contribution in [0.25, 0.3) is 0 Å². The van der Waals surface area contributed by atoms with Crippen LogP contribution < -0.4 is 10.7 Å². The molecule has 9 heteroatoms. The van der Waals surface area contributed by atoms with E-state index in [4.69, 9.17) is 12.2 Å². The van der Waals surface area contributed by atoms with E-state index in [0.717, 1.165) is 5.56 Å². The fraction of sp³-hybridized carbons (Fsp3) is 0.429. The largest absolute Gasteiger partial charge is 0.387 e. The van der Waals surface area contributed by atoms with Gasteiger partial charge in [-0.25, -0.2) is 0 Å². The maximum atomic E-state index is 9.80. The molecule has 8 nitrogen and oxygen atoms in total. The van der Waals surface area contributed by atoms with Crippen LogP contribution in [0.15, 0.2) is 35.4 Å². The fourth-order valence-electron chi connectivity index (χ4n) is 2.17. The smallest absolute Gasteiger partial charge is 0.187 e. The minimum Gasteiger partial charge on any atom is -0.387 e. The molecule has 2 rings (SSSR count). The highest BCUT2D eigenvalue weighted by Crippen LogP contribution is 2.18. The van der Waals surface area contributed by atoms with Crippen molar-refractivity contribution in [1.82, 2.24) is 10.7 Å². The molecule has 0 spiro atoms. The zero-order valence-electron chi connectivity index (χ0n) is 12.1. The molecule has 1 aromatic rings. The number of nitrogens with one attached hydrogen (secondary N) is 2. The quantitative estimate of drug-likeness (QED) is 0.244. The van der Waals surface area contributed by atoms with Gasteiger partial charge in [0.05, 0.1) is 0 Å². The second-order valence-electron chi connectivity index (χ2n) is 5.18. The van der Waals surface area contributed by atoms with E-state index in [1.54, 1.807) is 0 Å². The molecule has 23 heavy (non-hydrogen) atoms. The van der Waals surface area contributed by atoms with Crippen LogP contribution >= 0.6 is 12.2 Å². The molecule has 1 saturated carbocycles. The number of aliphatic hydroxyl groups excluding tert-OH is 5. The number of thiocarbonyl (C=S) groups is 1. The molecule has 0 amide bonds. The Morgan fingerprint density at radius 1 is 0.957 bits per heavy atom. The number of nitrogens with zero attached hydrogens (tertiary/aromatic N) is 1. The second-order valence-corrected chi connectivity index (χ2v) is 5.59. The summed E-state index contributed by atoms with van der Waals surface area (Å²) in [7, 11) is 0. The maximum Gasteiger partial charge on any atom is 0.187 e. The zero-order chi connectivity index (χ0) is 17.0. The standard InChI is InChI=1S/C14H19N3O5S/c18-9-8(10(19)12(21)13(22)11(9)20)16-17-14(23)15-6-7-4-2-1-3-5-7/h1-5,9-13,18-22H,6H2,(H2,15,17,23)/b16-8-/t9-,10+,11+,12+,13-/m0/s1. The van der Waals surface area contributed by atoms with Crippen LogP contribution in [0.4, 0.5) is 0 Å². The molecule has 1 aliphatic rings. The van der Waals surface area contributed by atoms with E-state index >= 15 is 0 Å². The zero-order valence-corrected chi connectivity index (χ0v) is 12.9. The van der Waals surface area contributed by atoms with Crippen molar-refractivity contribution in [1.29, 1.82) is 0 Å². The lowest BCUT2D eigenvalue weighted by molar-refractivity contribution is -0.130. The summed E-state index contributed by atoms with van der Waals surface area (Å²) in [5, 5.41) is 55.0. The minimum atomic E-state index is -1.66. The SMILES string of the molecule is O[C@@H]1[C@H](O)[C@H](O)/C(=N\NC(=S)NCc2ccccc2)[C@H](O)[C@H]1O. The summed E-state index contributed by atoms with van der Waals surface area (Å²) in [6.45, 7) is 0.451. The van der Waals surface area contributed by atoms with Crippen LogP contribution in [0.5, 0.6) is 0 Å². The third kappa shape index (κ3) is 4.22. The van der Waals surface area contributed by atoms with Crippen molar-refractivity contribution in [2.24, 2.45) is 5.10 Å². The van der Waals surface area contributed by atoms with Crippen LogP contribution in [-0.4, -0.2) is 66.9 Å². The third-order valence-corrected chi connectivity index (χ3v) is 3.77. The molecule has 5 atom stereocenters. The lowest BCUT2D eigenvalue weighted by Gasteiger charge is -2.36. The normalized spacial score (nSPS) is 32.6. The Morgan fingerprint density at radius 3 is 2.09 bits per heavy atom. The first-order valence-electron chi connectivity index (χ1n) is 6.97. The van der Waals surface area contributed by atoms with Gasteiger partial charge in [0.25, 0.3) is 0 Å². The highest BCUT2D eigenvalue weighted by Gasteiger charge is 2.46. The van der Waals surface area contributed by atoms with E-state index in [0.29, 0.717) is 6.54 Å². The molecule has 0 bridgehead atoms. The molecule has 1 aliphatic carbocycles. The van der Waals surface area contributed by atoms with Crippen molar-refractivity contribution in [3.8, 4) is 0 Å². The average molecular weight is 341 g/mol. The van der Waals surface area contributed by atoms with Gasteiger partial charge in [-0.3, -0.25) is 5.43 Å². The Balaban J connectivity index is 1.94. The predicted octanol–water partition coefficient (Wildman–Crippen LogP) is -2.18. The Kier molecular flexibility index (Phi) is 5.99. The number of hydrazone groups is 1. The van der Waals surface area contributed by atoms with Gasteiger partial charge in [-0.05, 0) is 17.8 Å². The molecular formula is C14H19N3O5S.